The van der Waals surface area contributed by atoms with E-state index in [9.17, 15) is 26.0 Å². The van der Waals surface area contributed by atoms with Gasteiger partial charge in [-0.15, -0.1) is 0 Å². The normalized spacial score (nSPS) is 12.3. The number of fused-ring (bicyclic) bond motifs is 1. The zero-order valence-corrected chi connectivity index (χ0v) is 17.3. The fraction of sp³-hybridized carbons (Fsp3) is 0.0526. The molecular weight excluding hydrogens is 474 g/mol. The first-order valence-electron chi connectivity index (χ1n) is 8.75. The molecule has 3 N–H and O–H groups in total. The van der Waals surface area contributed by atoms with E-state index >= 15 is 0 Å². The van der Waals surface area contributed by atoms with Gasteiger partial charge in [0.2, 0.25) is 0 Å². The number of hydrogen-bond donors (Lipinski definition) is 2. The summed E-state index contributed by atoms with van der Waals surface area (Å²) in [7, 11) is -4.40. The van der Waals surface area contributed by atoms with Crippen LogP contribution < -0.4 is 10.5 Å². The summed E-state index contributed by atoms with van der Waals surface area (Å²) < 4.78 is 81.7. The van der Waals surface area contributed by atoms with Crippen molar-refractivity contribution >= 4 is 38.8 Å². The number of nitrogens with two attached hydrogens (primary N) is 1. The van der Waals surface area contributed by atoms with Crippen molar-refractivity contribution in [3.05, 3.63) is 71.3 Å². The summed E-state index contributed by atoms with van der Waals surface area (Å²) in [5.41, 5.74) is 5.50. The van der Waals surface area contributed by atoms with E-state index in [0.717, 1.165) is 12.1 Å². The van der Waals surface area contributed by atoms with E-state index in [1.807, 2.05) is 0 Å². The van der Waals surface area contributed by atoms with Gasteiger partial charge in [0.25, 0.3) is 10.0 Å². The van der Waals surface area contributed by atoms with Crippen LogP contribution in [0.25, 0.3) is 16.8 Å². The molecule has 0 aliphatic rings. The predicted octanol–water partition coefficient (Wildman–Crippen LogP) is 4.59. The number of halogens is 5. The Balaban J connectivity index is 1.65. The molecule has 0 aliphatic heterocycles. The maximum atomic E-state index is 14.8. The van der Waals surface area contributed by atoms with Crippen LogP contribution in [0, 0.1) is 5.82 Å². The number of benzene rings is 2. The van der Waals surface area contributed by atoms with Crippen molar-refractivity contribution in [2.45, 2.75) is 11.1 Å². The molecule has 2 aromatic heterocycles. The minimum Gasteiger partial charge on any atom is -0.383 e. The number of nitrogens with zero attached hydrogens (tertiary/aromatic N) is 3. The van der Waals surface area contributed by atoms with Gasteiger partial charge < -0.3 is 5.73 Å². The van der Waals surface area contributed by atoms with Crippen LogP contribution in [0.1, 0.15) is 5.56 Å². The second kappa shape index (κ2) is 7.64. The summed E-state index contributed by atoms with van der Waals surface area (Å²) in [6, 6.07) is 6.87. The van der Waals surface area contributed by atoms with E-state index in [2.05, 4.69) is 14.8 Å². The van der Waals surface area contributed by atoms with Crippen LogP contribution in [0.4, 0.5) is 29.1 Å². The van der Waals surface area contributed by atoms with Gasteiger partial charge >= 0.3 is 6.18 Å². The van der Waals surface area contributed by atoms with Crippen molar-refractivity contribution in [1.29, 1.82) is 0 Å². The first kappa shape index (κ1) is 21.8. The molecule has 0 fully saturated rings. The molecular formula is C19H12ClF4N5O2S. The van der Waals surface area contributed by atoms with Crippen LogP contribution in [0.2, 0.25) is 5.02 Å². The third-order valence-corrected chi connectivity index (χ3v) is 6.38. The van der Waals surface area contributed by atoms with Crippen LogP contribution in [0.3, 0.4) is 0 Å². The van der Waals surface area contributed by atoms with Crippen LogP contribution in [-0.2, 0) is 16.2 Å². The molecule has 0 spiro atoms. The maximum absolute atomic E-state index is 14.8. The van der Waals surface area contributed by atoms with Crippen molar-refractivity contribution in [1.82, 2.24) is 14.6 Å². The summed E-state index contributed by atoms with van der Waals surface area (Å²) in [5.74, 6) is -0.688. The van der Waals surface area contributed by atoms with Gasteiger partial charge in [-0.1, -0.05) is 11.6 Å². The summed E-state index contributed by atoms with van der Waals surface area (Å²) in [4.78, 5) is 3.53. The molecule has 0 saturated carbocycles. The fourth-order valence-electron chi connectivity index (χ4n) is 3.00. The molecule has 166 valence electrons. The van der Waals surface area contributed by atoms with Crippen LogP contribution in [0.5, 0.6) is 0 Å². The van der Waals surface area contributed by atoms with Crippen molar-refractivity contribution < 1.29 is 26.0 Å². The highest BCUT2D eigenvalue weighted by Gasteiger charge is 2.32. The standard InChI is InChI=1S/C19H12ClF4N5O2S/c20-14-7-10(19(22,23)24)1-4-16(14)32(30,31)28-11-2-3-12(15(21)8-11)13-9-26-17-5-6-27-29(17)18(13)25/h1-9,28H,25H2. The van der Waals surface area contributed by atoms with Gasteiger partial charge in [0.05, 0.1) is 22.5 Å². The lowest BCUT2D eigenvalue weighted by atomic mass is 10.1. The minimum absolute atomic E-state index is 0.0444. The third kappa shape index (κ3) is 3.94. The average molecular weight is 486 g/mol. The number of nitrogen functional groups attached to an aromatic ring is 1. The zero-order valence-electron chi connectivity index (χ0n) is 15.7. The van der Waals surface area contributed by atoms with Gasteiger partial charge in [0, 0.05) is 23.4 Å². The number of alkyl halides is 3. The van der Waals surface area contributed by atoms with E-state index in [1.165, 1.54) is 29.0 Å². The van der Waals surface area contributed by atoms with Crippen LogP contribution >= 0.6 is 11.6 Å². The largest absolute Gasteiger partial charge is 0.416 e. The highest BCUT2D eigenvalue weighted by Crippen LogP contribution is 2.34. The Morgan fingerprint density at radius 2 is 1.81 bits per heavy atom. The van der Waals surface area contributed by atoms with E-state index in [1.54, 1.807) is 6.07 Å². The third-order valence-electron chi connectivity index (χ3n) is 4.51. The first-order chi connectivity index (χ1) is 15.0. The summed E-state index contributed by atoms with van der Waals surface area (Å²) in [5, 5.41) is 3.37. The molecule has 4 aromatic rings. The molecule has 13 heteroatoms. The average Bonchev–Trinajstić information content (AvgIpc) is 3.17. The molecule has 32 heavy (non-hydrogen) atoms. The first-order valence-corrected chi connectivity index (χ1v) is 10.6. The van der Waals surface area contributed by atoms with Crippen molar-refractivity contribution in [3.8, 4) is 11.1 Å². The monoisotopic (exact) mass is 485 g/mol. The minimum atomic E-state index is -4.69. The van der Waals surface area contributed by atoms with Crippen molar-refractivity contribution in [2.24, 2.45) is 0 Å². The molecule has 0 atom stereocenters. The second-order valence-electron chi connectivity index (χ2n) is 6.60. The number of sulfonamides is 1. The van der Waals surface area contributed by atoms with Crippen LogP contribution in [0.15, 0.2) is 59.8 Å². The Kier molecular flexibility index (Phi) is 5.21. The van der Waals surface area contributed by atoms with E-state index < -0.39 is 37.5 Å². The maximum Gasteiger partial charge on any atom is 0.416 e. The summed E-state index contributed by atoms with van der Waals surface area (Å²) >= 11 is 5.76. The predicted molar refractivity (Wildman–Crippen MR) is 110 cm³/mol. The number of hydrogen-bond acceptors (Lipinski definition) is 5. The van der Waals surface area contributed by atoms with Crippen LogP contribution in [-0.4, -0.2) is 23.0 Å². The molecule has 0 bridgehead atoms. The quantitative estimate of drug-likeness (QED) is 0.412. The summed E-state index contributed by atoms with van der Waals surface area (Å²) in [6.07, 6.45) is -1.85. The number of nitrogens with one attached hydrogen (secondary N) is 1. The highest BCUT2D eigenvalue weighted by molar-refractivity contribution is 7.92. The molecule has 0 aliphatic carbocycles. The van der Waals surface area contributed by atoms with Crippen molar-refractivity contribution in [3.63, 3.8) is 0 Å². The number of rotatable bonds is 4. The lowest BCUT2D eigenvalue weighted by molar-refractivity contribution is -0.137. The van der Waals surface area contributed by atoms with E-state index in [-0.39, 0.29) is 22.6 Å². The van der Waals surface area contributed by atoms with Gasteiger partial charge in [-0.3, -0.25) is 4.72 Å². The Bertz CT molecular complexity index is 1450. The van der Waals surface area contributed by atoms with E-state index in [4.69, 9.17) is 17.3 Å². The number of aromatic nitrogens is 3. The molecule has 0 unspecified atom stereocenters. The lowest BCUT2D eigenvalue weighted by Gasteiger charge is -2.13. The van der Waals surface area contributed by atoms with Gasteiger partial charge in [-0.2, -0.15) is 22.8 Å². The number of anilines is 2. The summed E-state index contributed by atoms with van der Waals surface area (Å²) in [6.45, 7) is 0. The van der Waals surface area contributed by atoms with Gasteiger partial charge in [0.1, 0.15) is 16.5 Å². The molecule has 0 saturated heterocycles. The highest BCUT2D eigenvalue weighted by atomic mass is 35.5. The van der Waals surface area contributed by atoms with E-state index in [0.29, 0.717) is 17.8 Å². The van der Waals surface area contributed by atoms with Gasteiger partial charge in [0.15, 0.2) is 5.65 Å². The SMILES string of the molecule is Nc1c(-c2ccc(NS(=O)(=O)c3ccc(C(F)(F)F)cc3Cl)cc2F)cnc2ccnn12. The molecule has 4 rings (SSSR count). The second-order valence-corrected chi connectivity index (χ2v) is 8.66. The molecule has 7 nitrogen and oxygen atoms in total. The Hall–Kier alpha value is -3.38. The Labute approximate surface area is 183 Å². The molecule has 2 aromatic carbocycles. The molecule has 2 heterocycles. The van der Waals surface area contributed by atoms with Gasteiger partial charge in [-0.25, -0.2) is 17.8 Å². The zero-order chi connectivity index (χ0) is 23.3. The lowest BCUT2D eigenvalue weighted by Crippen LogP contribution is -2.14. The Morgan fingerprint density at radius 1 is 1.06 bits per heavy atom. The molecule has 0 amide bonds. The molecule has 0 radical (unpaired) electrons. The van der Waals surface area contributed by atoms with Gasteiger partial charge in [-0.05, 0) is 36.4 Å². The Morgan fingerprint density at radius 3 is 2.47 bits per heavy atom. The van der Waals surface area contributed by atoms with Crippen molar-refractivity contribution in [2.75, 3.05) is 10.5 Å². The fourth-order valence-corrected chi connectivity index (χ4v) is 4.60. The smallest absolute Gasteiger partial charge is 0.383 e. The topological polar surface area (TPSA) is 102 Å².